The van der Waals surface area contributed by atoms with E-state index in [-0.39, 0.29) is 11.9 Å². The van der Waals surface area contributed by atoms with Gasteiger partial charge in [0.25, 0.3) is 0 Å². The fourth-order valence-corrected chi connectivity index (χ4v) is 4.89. The molecule has 1 aromatic heterocycles. The van der Waals surface area contributed by atoms with Gasteiger partial charge in [0.2, 0.25) is 11.1 Å². The van der Waals surface area contributed by atoms with E-state index in [1.54, 1.807) is 0 Å². The Kier molecular flexibility index (Phi) is 5.41. The second kappa shape index (κ2) is 8.51. The molecule has 160 valence electrons. The molecule has 0 aliphatic carbocycles. The molecule has 2 N–H and O–H groups in total. The molecule has 2 heterocycles. The number of rotatable bonds is 4. The van der Waals surface area contributed by atoms with Crippen molar-refractivity contribution in [2.24, 2.45) is 0 Å². The zero-order chi connectivity index (χ0) is 22.1. The van der Waals surface area contributed by atoms with E-state index in [9.17, 15) is 4.79 Å². The molecule has 7 heteroatoms. The van der Waals surface area contributed by atoms with Gasteiger partial charge in [-0.05, 0) is 36.6 Å². The van der Waals surface area contributed by atoms with Gasteiger partial charge in [-0.2, -0.15) is 0 Å². The van der Waals surface area contributed by atoms with Crippen molar-refractivity contribution in [3.8, 4) is 11.4 Å². The van der Waals surface area contributed by atoms with Crippen LogP contribution in [0.1, 0.15) is 22.7 Å². The van der Waals surface area contributed by atoms with Gasteiger partial charge in [0.05, 0.1) is 6.04 Å². The molecule has 1 amide bonds. The number of carbonyl (C=O) groups is 1. The molecule has 6 nitrogen and oxygen atoms in total. The summed E-state index contributed by atoms with van der Waals surface area (Å²) in [6, 6.07) is 25.8. The highest BCUT2D eigenvalue weighted by atomic mass is 32.2. The van der Waals surface area contributed by atoms with Gasteiger partial charge in [-0.3, -0.25) is 4.79 Å². The van der Waals surface area contributed by atoms with E-state index in [0.717, 1.165) is 33.8 Å². The van der Waals surface area contributed by atoms with Crippen LogP contribution in [-0.2, 0) is 4.79 Å². The first-order chi connectivity index (χ1) is 15.6. The maximum absolute atomic E-state index is 13.5. The number of carbonyl (C=O) groups excluding carboxylic acids is 1. The SMILES string of the molecule is Cc1ccc(C)c(NC(=O)[C@H]2Sc3nnc(-c4ccccc4)n3N[C@@H]2c2ccccc2)c1. The van der Waals surface area contributed by atoms with Crippen LogP contribution in [0.2, 0.25) is 0 Å². The summed E-state index contributed by atoms with van der Waals surface area (Å²) in [6.07, 6.45) is 0. The number of hydrogen-bond donors (Lipinski definition) is 2. The Labute approximate surface area is 191 Å². The number of hydrogen-bond acceptors (Lipinski definition) is 5. The van der Waals surface area contributed by atoms with Crippen molar-refractivity contribution in [3.63, 3.8) is 0 Å². The molecule has 4 aromatic rings. The lowest BCUT2D eigenvalue weighted by molar-refractivity contribution is -0.116. The Balaban J connectivity index is 1.51. The molecule has 0 saturated carbocycles. The number of nitrogens with zero attached hydrogens (tertiary/aromatic N) is 3. The number of aromatic nitrogens is 3. The van der Waals surface area contributed by atoms with E-state index in [1.165, 1.54) is 11.8 Å². The highest BCUT2D eigenvalue weighted by Gasteiger charge is 2.38. The second-order valence-electron chi connectivity index (χ2n) is 7.87. The molecule has 0 spiro atoms. The summed E-state index contributed by atoms with van der Waals surface area (Å²) < 4.78 is 1.89. The van der Waals surface area contributed by atoms with Crippen LogP contribution in [0.3, 0.4) is 0 Å². The summed E-state index contributed by atoms with van der Waals surface area (Å²) >= 11 is 1.43. The first kappa shape index (κ1) is 20.3. The van der Waals surface area contributed by atoms with E-state index < -0.39 is 5.25 Å². The third kappa shape index (κ3) is 3.87. The molecule has 0 bridgehead atoms. The number of nitrogens with one attached hydrogen (secondary N) is 2. The predicted octanol–water partition coefficient (Wildman–Crippen LogP) is 4.96. The second-order valence-corrected chi connectivity index (χ2v) is 8.98. The monoisotopic (exact) mass is 441 g/mol. The van der Waals surface area contributed by atoms with Crippen LogP contribution in [-0.4, -0.2) is 26.0 Å². The highest BCUT2D eigenvalue weighted by molar-refractivity contribution is 8.00. The fourth-order valence-electron chi connectivity index (χ4n) is 3.81. The molecule has 0 fully saturated rings. The maximum Gasteiger partial charge on any atom is 0.240 e. The molecule has 32 heavy (non-hydrogen) atoms. The highest BCUT2D eigenvalue weighted by Crippen LogP contribution is 2.39. The number of benzene rings is 3. The normalized spacial score (nSPS) is 17.3. The van der Waals surface area contributed by atoms with Crippen molar-refractivity contribution in [1.82, 2.24) is 14.9 Å². The number of thioether (sulfide) groups is 1. The van der Waals surface area contributed by atoms with Gasteiger partial charge in [0, 0.05) is 11.3 Å². The molecule has 0 radical (unpaired) electrons. The first-order valence-corrected chi connectivity index (χ1v) is 11.4. The van der Waals surface area contributed by atoms with Gasteiger partial charge in [-0.15, -0.1) is 10.2 Å². The molecule has 3 aromatic carbocycles. The van der Waals surface area contributed by atoms with Crippen LogP contribution in [0.5, 0.6) is 0 Å². The van der Waals surface area contributed by atoms with Crippen LogP contribution in [0, 0.1) is 13.8 Å². The van der Waals surface area contributed by atoms with Gasteiger partial charge in [0.15, 0.2) is 5.82 Å². The number of fused-ring (bicyclic) bond motifs is 1. The molecule has 0 unspecified atom stereocenters. The third-order valence-electron chi connectivity index (χ3n) is 5.54. The Morgan fingerprint density at radius 3 is 2.44 bits per heavy atom. The Hall–Kier alpha value is -3.58. The Morgan fingerprint density at radius 1 is 0.969 bits per heavy atom. The van der Waals surface area contributed by atoms with Crippen LogP contribution in [0.25, 0.3) is 11.4 Å². The van der Waals surface area contributed by atoms with Crippen molar-refractivity contribution in [3.05, 3.63) is 95.6 Å². The maximum atomic E-state index is 13.5. The average Bonchev–Trinajstić information content (AvgIpc) is 3.25. The first-order valence-electron chi connectivity index (χ1n) is 10.5. The third-order valence-corrected chi connectivity index (χ3v) is 6.75. The van der Waals surface area contributed by atoms with Gasteiger partial charge in [-0.25, -0.2) is 4.68 Å². The zero-order valence-corrected chi connectivity index (χ0v) is 18.6. The van der Waals surface area contributed by atoms with Crippen molar-refractivity contribution in [2.75, 3.05) is 10.7 Å². The lowest BCUT2D eigenvalue weighted by Crippen LogP contribution is -2.41. The standard InChI is InChI=1S/C25H23N5OS/c1-16-13-14-17(2)20(15-16)26-24(31)22-21(18-9-5-3-6-10-18)29-30-23(27-28-25(30)32-22)19-11-7-4-8-12-19/h3-15,21-22,29H,1-2H3,(H,26,31)/t21-,22+/m1/s1. The summed E-state index contributed by atoms with van der Waals surface area (Å²) in [5.41, 5.74) is 8.47. The van der Waals surface area contributed by atoms with Crippen LogP contribution in [0.15, 0.2) is 84.0 Å². The summed E-state index contributed by atoms with van der Waals surface area (Å²) in [5, 5.41) is 12.1. The number of amides is 1. The van der Waals surface area contributed by atoms with Crippen LogP contribution >= 0.6 is 11.8 Å². The summed E-state index contributed by atoms with van der Waals surface area (Å²) in [5.74, 6) is 0.656. The lowest BCUT2D eigenvalue weighted by Gasteiger charge is -2.33. The van der Waals surface area contributed by atoms with E-state index in [0.29, 0.717) is 5.16 Å². The van der Waals surface area contributed by atoms with Crippen molar-refractivity contribution < 1.29 is 4.79 Å². The van der Waals surface area contributed by atoms with Crippen molar-refractivity contribution in [1.29, 1.82) is 0 Å². The Morgan fingerprint density at radius 2 is 1.69 bits per heavy atom. The topological polar surface area (TPSA) is 71.8 Å². The largest absolute Gasteiger partial charge is 0.325 e. The number of aryl methyl sites for hydroxylation is 2. The molecule has 1 aliphatic rings. The summed E-state index contributed by atoms with van der Waals surface area (Å²) in [6.45, 7) is 4.02. The van der Waals surface area contributed by atoms with Gasteiger partial charge in [0.1, 0.15) is 5.25 Å². The minimum atomic E-state index is -0.419. The molecule has 1 aliphatic heterocycles. The molecular weight excluding hydrogens is 418 g/mol. The quantitative estimate of drug-likeness (QED) is 0.468. The Bertz CT molecular complexity index is 1260. The molecule has 2 atom stereocenters. The van der Waals surface area contributed by atoms with Crippen molar-refractivity contribution in [2.45, 2.75) is 30.3 Å². The van der Waals surface area contributed by atoms with Gasteiger partial charge >= 0.3 is 0 Å². The minimum Gasteiger partial charge on any atom is -0.325 e. The van der Waals surface area contributed by atoms with E-state index in [1.807, 2.05) is 97.4 Å². The fraction of sp³-hybridized carbons (Fsp3) is 0.160. The minimum absolute atomic E-state index is 0.0689. The summed E-state index contributed by atoms with van der Waals surface area (Å²) in [4.78, 5) is 13.5. The van der Waals surface area contributed by atoms with E-state index >= 15 is 0 Å². The molecule has 5 rings (SSSR count). The van der Waals surface area contributed by atoms with Gasteiger partial charge in [-0.1, -0.05) is 84.6 Å². The van der Waals surface area contributed by atoms with Gasteiger partial charge < -0.3 is 10.7 Å². The smallest absolute Gasteiger partial charge is 0.240 e. The summed E-state index contributed by atoms with van der Waals surface area (Å²) in [7, 11) is 0. The lowest BCUT2D eigenvalue weighted by atomic mass is 10.0. The van der Waals surface area contributed by atoms with E-state index in [4.69, 9.17) is 0 Å². The van der Waals surface area contributed by atoms with Crippen LogP contribution < -0.4 is 10.7 Å². The number of anilines is 1. The van der Waals surface area contributed by atoms with E-state index in [2.05, 4.69) is 20.9 Å². The molecular formula is C25H23N5OS. The zero-order valence-electron chi connectivity index (χ0n) is 17.8. The average molecular weight is 442 g/mol. The molecule has 0 saturated heterocycles. The predicted molar refractivity (Wildman–Crippen MR) is 128 cm³/mol. The van der Waals surface area contributed by atoms with Crippen molar-refractivity contribution >= 4 is 23.4 Å². The van der Waals surface area contributed by atoms with Crippen LogP contribution in [0.4, 0.5) is 5.69 Å².